The van der Waals surface area contributed by atoms with Crippen LogP contribution in [-0.2, 0) is 4.79 Å². The SMILES string of the molecule is CC(Oc1ccc2ccccc2c1)C(N)=O.c1ccccc1. The van der Waals surface area contributed by atoms with Gasteiger partial charge in [-0.25, -0.2) is 0 Å². The van der Waals surface area contributed by atoms with Crippen LogP contribution >= 0.6 is 0 Å². The second-order valence-corrected chi connectivity index (χ2v) is 4.83. The Bertz CT molecular complexity index is 699. The fourth-order valence-electron chi connectivity index (χ4n) is 1.89. The Morgan fingerprint density at radius 3 is 1.95 bits per heavy atom. The predicted octanol–water partition coefficient (Wildman–Crippen LogP) is 3.78. The van der Waals surface area contributed by atoms with Crippen molar-refractivity contribution in [3.05, 3.63) is 78.9 Å². The van der Waals surface area contributed by atoms with Gasteiger partial charge in [-0.3, -0.25) is 4.79 Å². The van der Waals surface area contributed by atoms with Crippen molar-refractivity contribution < 1.29 is 9.53 Å². The molecule has 0 fully saturated rings. The minimum Gasteiger partial charge on any atom is -0.481 e. The highest BCUT2D eigenvalue weighted by atomic mass is 16.5. The summed E-state index contributed by atoms with van der Waals surface area (Å²) in [6.07, 6.45) is -0.610. The maximum Gasteiger partial charge on any atom is 0.258 e. The van der Waals surface area contributed by atoms with Crippen molar-refractivity contribution in [2.24, 2.45) is 5.73 Å². The van der Waals surface area contributed by atoms with E-state index in [0.717, 1.165) is 10.8 Å². The van der Waals surface area contributed by atoms with E-state index in [1.54, 1.807) is 6.92 Å². The summed E-state index contributed by atoms with van der Waals surface area (Å²) in [4.78, 5) is 10.9. The molecule has 0 saturated carbocycles. The van der Waals surface area contributed by atoms with Gasteiger partial charge in [-0.15, -0.1) is 0 Å². The molecule has 112 valence electrons. The standard InChI is InChI=1S/C13H13NO2.C6H6/c1-9(13(14)15)16-12-7-6-10-4-2-3-5-11(10)8-12;1-2-4-6-5-3-1/h2-9H,1H3,(H2,14,15);1-6H. The maximum absolute atomic E-state index is 10.9. The molecule has 0 radical (unpaired) electrons. The first-order valence-corrected chi connectivity index (χ1v) is 7.11. The minimum absolute atomic E-state index is 0.465. The molecule has 3 aromatic carbocycles. The van der Waals surface area contributed by atoms with E-state index in [2.05, 4.69) is 0 Å². The molecule has 22 heavy (non-hydrogen) atoms. The lowest BCUT2D eigenvalue weighted by Gasteiger charge is -2.11. The van der Waals surface area contributed by atoms with Gasteiger partial charge in [0.2, 0.25) is 0 Å². The van der Waals surface area contributed by atoms with Gasteiger partial charge in [-0.1, -0.05) is 66.7 Å². The molecule has 0 bridgehead atoms. The fourth-order valence-corrected chi connectivity index (χ4v) is 1.89. The van der Waals surface area contributed by atoms with Gasteiger partial charge < -0.3 is 10.5 Å². The summed E-state index contributed by atoms with van der Waals surface area (Å²) >= 11 is 0. The highest BCUT2D eigenvalue weighted by Gasteiger charge is 2.09. The summed E-state index contributed by atoms with van der Waals surface area (Å²) in [5, 5.41) is 2.22. The van der Waals surface area contributed by atoms with E-state index in [1.165, 1.54) is 0 Å². The number of hydrogen-bond acceptors (Lipinski definition) is 2. The first-order valence-electron chi connectivity index (χ1n) is 7.11. The monoisotopic (exact) mass is 293 g/mol. The molecule has 0 heterocycles. The van der Waals surface area contributed by atoms with E-state index in [9.17, 15) is 4.79 Å². The average molecular weight is 293 g/mol. The Kier molecular flexibility index (Phi) is 5.55. The van der Waals surface area contributed by atoms with Crippen LogP contribution in [0.5, 0.6) is 5.75 Å². The maximum atomic E-state index is 10.9. The normalized spacial score (nSPS) is 11.1. The third kappa shape index (κ3) is 4.63. The second-order valence-electron chi connectivity index (χ2n) is 4.83. The molecule has 3 rings (SSSR count). The molecule has 0 aliphatic carbocycles. The first-order chi connectivity index (χ1) is 10.7. The molecule has 0 saturated heterocycles. The van der Waals surface area contributed by atoms with Crippen molar-refractivity contribution in [2.45, 2.75) is 13.0 Å². The van der Waals surface area contributed by atoms with E-state index in [1.807, 2.05) is 78.9 Å². The smallest absolute Gasteiger partial charge is 0.258 e. The van der Waals surface area contributed by atoms with Gasteiger partial charge in [0, 0.05) is 0 Å². The van der Waals surface area contributed by atoms with Crippen molar-refractivity contribution in [1.82, 2.24) is 0 Å². The zero-order chi connectivity index (χ0) is 15.8. The van der Waals surface area contributed by atoms with Gasteiger partial charge in [0.1, 0.15) is 5.75 Å². The summed E-state index contributed by atoms with van der Waals surface area (Å²) in [7, 11) is 0. The van der Waals surface area contributed by atoms with Gasteiger partial charge in [-0.2, -0.15) is 0 Å². The lowest BCUT2D eigenvalue weighted by atomic mass is 10.1. The van der Waals surface area contributed by atoms with Crippen LogP contribution in [0.4, 0.5) is 0 Å². The molecule has 1 atom stereocenters. The van der Waals surface area contributed by atoms with Crippen LogP contribution in [0.3, 0.4) is 0 Å². The van der Waals surface area contributed by atoms with Crippen LogP contribution in [-0.4, -0.2) is 12.0 Å². The van der Waals surface area contributed by atoms with Crippen molar-refractivity contribution >= 4 is 16.7 Å². The molecule has 0 aromatic heterocycles. The number of carbonyl (C=O) groups is 1. The van der Waals surface area contributed by atoms with Crippen LogP contribution in [0.2, 0.25) is 0 Å². The second kappa shape index (κ2) is 7.84. The zero-order valence-electron chi connectivity index (χ0n) is 12.5. The fraction of sp³-hybridized carbons (Fsp3) is 0.105. The quantitative estimate of drug-likeness (QED) is 0.799. The predicted molar refractivity (Wildman–Crippen MR) is 89.7 cm³/mol. The molecule has 3 heteroatoms. The number of primary amides is 1. The summed E-state index contributed by atoms with van der Waals surface area (Å²) in [6.45, 7) is 1.64. The first kappa shape index (κ1) is 15.6. The number of amides is 1. The van der Waals surface area contributed by atoms with Crippen LogP contribution in [0.1, 0.15) is 6.92 Å². The summed E-state index contributed by atoms with van der Waals surface area (Å²) in [6, 6.07) is 25.7. The summed E-state index contributed by atoms with van der Waals surface area (Å²) in [5.41, 5.74) is 5.13. The van der Waals surface area contributed by atoms with Crippen molar-refractivity contribution in [2.75, 3.05) is 0 Å². The highest BCUT2D eigenvalue weighted by Crippen LogP contribution is 2.21. The van der Waals surface area contributed by atoms with Crippen LogP contribution in [0.15, 0.2) is 78.9 Å². The minimum atomic E-state index is -0.610. The number of hydrogen-bond donors (Lipinski definition) is 1. The molecule has 3 aromatic rings. The molecule has 1 amide bonds. The van der Waals surface area contributed by atoms with E-state index in [4.69, 9.17) is 10.5 Å². The topological polar surface area (TPSA) is 52.3 Å². The Balaban J connectivity index is 0.000000246. The van der Waals surface area contributed by atoms with E-state index >= 15 is 0 Å². The van der Waals surface area contributed by atoms with Crippen LogP contribution < -0.4 is 10.5 Å². The molecule has 0 aliphatic heterocycles. The lowest BCUT2D eigenvalue weighted by molar-refractivity contribution is -0.123. The van der Waals surface area contributed by atoms with Crippen molar-refractivity contribution in [1.29, 1.82) is 0 Å². The Hall–Kier alpha value is -2.81. The molecule has 0 aliphatic rings. The Morgan fingerprint density at radius 1 is 0.864 bits per heavy atom. The van der Waals surface area contributed by atoms with Crippen LogP contribution in [0.25, 0.3) is 10.8 Å². The number of nitrogens with two attached hydrogens (primary N) is 1. The number of fused-ring (bicyclic) bond motifs is 1. The van der Waals surface area contributed by atoms with Crippen LogP contribution in [0, 0.1) is 0 Å². The average Bonchev–Trinajstić information content (AvgIpc) is 2.57. The van der Waals surface area contributed by atoms with Crippen molar-refractivity contribution in [3.8, 4) is 5.75 Å². The number of carbonyl (C=O) groups excluding carboxylic acids is 1. The molecule has 2 N–H and O–H groups in total. The zero-order valence-corrected chi connectivity index (χ0v) is 12.5. The van der Waals surface area contributed by atoms with Gasteiger partial charge in [-0.05, 0) is 29.8 Å². The molecular formula is C19H19NO2. The van der Waals surface area contributed by atoms with Gasteiger partial charge >= 0.3 is 0 Å². The number of rotatable bonds is 3. The summed E-state index contributed by atoms with van der Waals surface area (Å²) < 4.78 is 5.41. The highest BCUT2D eigenvalue weighted by molar-refractivity contribution is 5.84. The van der Waals surface area contributed by atoms with E-state index < -0.39 is 12.0 Å². The van der Waals surface area contributed by atoms with Gasteiger partial charge in [0.15, 0.2) is 6.10 Å². The molecular weight excluding hydrogens is 274 g/mol. The Labute approximate surface area is 130 Å². The van der Waals surface area contributed by atoms with Gasteiger partial charge in [0.25, 0.3) is 5.91 Å². The lowest BCUT2D eigenvalue weighted by Crippen LogP contribution is -2.30. The van der Waals surface area contributed by atoms with Crippen molar-refractivity contribution in [3.63, 3.8) is 0 Å². The molecule has 3 nitrogen and oxygen atoms in total. The third-order valence-electron chi connectivity index (χ3n) is 3.10. The third-order valence-corrected chi connectivity index (χ3v) is 3.10. The molecule has 0 spiro atoms. The number of ether oxygens (including phenoxy) is 1. The van der Waals surface area contributed by atoms with E-state index in [-0.39, 0.29) is 0 Å². The van der Waals surface area contributed by atoms with Gasteiger partial charge in [0.05, 0.1) is 0 Å². The summed E-state index contributed by atoms with van der Waals surface area (Å²) in [5.74, 6) is 0.193. The number of benzene rings is 3. The Morgan fingerprint density at radius 2 is 1.41 bits per heavy atom. The molecule has 1 unspecified atom stereocenters. The van der Waals surface area contributed by atoms with E-state index in [0.29, 0.717) is 5.75 Å². The largest absolute Gasteiger partial charge is 0.481 e.